The second kappa shape index (κ2) is 5.98. The van der Waals surface area contributed by atoms with E-state index in [4.69, 9.17) is 0 Å². The normalized spacial score (nSPS) is 10.4. The summed E-state index contributed by atoms with van der Waals surface area (Å²) in [4.78, 5) is 16.2. The van der Waals surface area contributed by atoms with Gasteiger partial charge in [-0.25, -0.2) is 0 Å². The average molecular weight is 265 g/mol. The van der Waals surface area contributed by atoms with Crippen molar-refractivity contribution < 1.29 is 4.79 Å². The molecule has 4 heteroatoms. The molecule has 0 aliphatic heterocycles. The molecule has 0 aliphatic carbocycles. The minimum Gasteiger partial charge on any atom is -0.341 e. The summed E-state index contributed by atoms with van der Waals surface area (Å²) >= 11 is 3.41. The summed E-state index contributed by atoms with van der Waals surface area (Å²) in [5, 5.41) is 4.09. The molecule has 0 N–H and O–H groups in total. The van der Waals surface area contributed by atoms with Crippen molar-refractivity contribution in [2.75, 3.05) is 7.05 Å². The van der Waals surface area contributed by atoms with Crippen LogP contribution in [0.1, 0.15) is 16.2 Å². The largest absolute Gasteiger partial charge is 0.341 e. The quantitative estimate of drug-likeness (QED) is 0.811. The number of carbonyl (C=O) groups excluding carboxylic acids is 1. The van der Waals surface area contributed by atoms with Gasteiger partial charge in [-0.2, -0.15) is 0 Å². The lowest BCUT2D eigenvalue weighted by atomic mass is 10.2. The van der Waals surface area contributed by atoms with E-state index in [1.165, 1.54) is 9.75 Å². The van der Waals surface area contributed by atoms with Crippen LogP contribution in [0, 0.1) is 0 Å². The van der Waals surface area contributed by atoms with Gasteiger partial charge in [0.15, 0.2) is 0 Å². The number of amides is 1. The molecule has 0 saturated carbocycles. The molecule has 90 valence electrons. The summed E-state index contributed by atoms with van der Waals surface area (Å²) < 4.78 is 0. The fourth-order valence-corrected chi connectivity index (χ4v) is 3.07. The van der Waals surface area contributed by atoms with Gasteiger partial charge in [-0.05, 0) is 29.3 Å². The predicted octanol–water partition coefficient (Wildman–Crippen LogP) is 3.40. The lowest BCUT2D eigenvalue weighted by molar-refractivity contribution is -0.130. The Kier molecular flexibility index (Phi) is 4.34. The molecular formula is C13H15NOS2. The van der Waals surface area contributed by atoms with Gasteiger partial charge in [0, 0.05) is 23.2 Å². The fourth-order valence-electron chi connectivity index (χ4n) is 1.60. The molecule has 0 atom stereocenters. The Labute approximate surface area is 110 Å². The molecule has 2 aromatic heterocycles. The van der Waals surface area contributed by atoms with Crippen molar-refractivity contribution >= 4 is 28.6 Å². The Morgan fingerprint density at radius 3 is 2.41 bits per heavy atom. The molecule has 2 nitrogen and oxygen atoms in total. The van der Waals surface area contributed by atoms with Crippen molar-refractivity contribution in [2.24, 2.45) is 0 Å². The SMILES string of the molecule is CN(Cc1cccs1)C(=O)CCc1cccs1. The summed E-state index contributed by atoms with van der Waals surface area (Å²) in [5.74, 6) is 0.215. The molecule has 2 rings (SSSR count). The van der Waals surface area contributed by atoms with Gasteiger partial charge >= 0.3 is 0 Å². The molecule has 0 unspecified atom stereocenters. The zero-order chi connectivity index (χ0) is 12.1. The number of hydrogen-bond acceptors (Lipinski definition) is 3. The van der Waals surface area contributed by atoms with Gasteiger partial charge in [-0.15, -0.1) is 22.7 Å². The standard InChI is InChI=1S/C13H15NOS2/c1-14(10-12-5-3-9-17-12)13(15)7-6-11-4-2-8-16-11/h2-5,8-9H,6-7,10H2,1H3. The van der Waals surface area contributed by atoms with E-state index in [1.54, 1.807) is 27.6 Å². The van der Waals surface area contributed by atoms with Crippen molar-refractivity contribution in [1.29, 1.82) is 0 Å². The summed E-state index contributed by atoms with van der Waals surface area (Å²) in [6.07, 6.45) is 1.45. The highest BCUT2D eigenvalue weighted by Crippen LogP contribution is 2.14. The first kappa shape index (κ1) is 12.3. The van der Waals surface area contributed by atoms with Crippen molar-refractivity contribution in [3.63, 3.8) is 0 Å². The van der Waals surface area contributed by atoms with E-state index in [9.17, 15) is 4.79 Å². The molecular weight excluding hydrogens is 250 g/mol. The van der Waals surface area contributed by atoms with Crippen LogP contribution in [-0.2, 0) is 17.8 Å². The zero-order valence-corrected chi connectivity index (χ0v) is 11.4. The van der Waals surface area contributed by atoms with Crippen LogP contribution in [-0.4, -0.2) is 17.9 Å². The lowest BCUT2D eigenvalue weighted by Crippen LogP contribution is -2.25. The minimum atomic E-state index is 0.215. The third kappa shape index (κ3) is 3.68. The van der Waals surface area contributed by atoms with E-state index in [-0.39, 0.29) is 5.91 Å². The molecule has 0 bridgehead atoms. The van der Waals surface area contributed by atoms with E-state index in [1.807, 2.05) is 24.6 Å². The highest BCUT2D eigenvalue weighted by atomic mass is 32.1. The third-order valence-corrected chi connectivity index (χ3v) is 4.36. The Balaban J connectivity index is 1.79. The van der Waals surface area contributed by atoms with Gasteiger partial charge in [-0.3, -0.25) is 4.79 Å². The number of aryl methyl sites for hydroxylation is 1. The number of rotatable bonds is 5. The molecule has 1 amide bonds. The fraction of sp³-hybridized carbons (Fsp3) is 0.308. The van der Waals surface area contributed by atoms with Gasteiger partial charge in [0.2, 0.25) is 5.91 Å². The molecule has 0 radical (unpaired) electrons. The summed E-state index contributed by atoms with van der Waals surface area (Å²) in [5.41, 5.74) is 0. The van der Waals surface area contributed by atoms with Gasteiger partial charge in [-0.1, -0.05) is 12.1 Å². The van der Waals surface area contributed by atoms with Crippen molar-refractivity contribution in [3.8, 4) is 0 Å². The molecule has 0 aliphatic rings. The number of thiophene rings is 2. The van der Waals surface area contributed by atoms with Crippen LogP contribution in [0.4, 0.5) is 0 Å². The van der Waals surface area contributed by atoms with Crippen LogP contribution in [0.15, 0.2) is 35.0 Å². The Bertz CT molecular complexity index is 448. The van der Waals surface area contributed by atoms with Gasteiger partial charge in [0.1, 0.15) is 0 Å². The maximum absolute atomic E-state index is 11.9. The second-order valence-electron chi connectivity index (χ2n) is 3.91. The highest BCUT2D eigenvalue weighted by molar-refractivity contribution is 7.10. The number of hydrogen-bond donors (Lipinski definition) is 0. The summed E-state index contributed by atoms with van der Waals surface area (Å²) in [6.45, 7) is 0.723. The molecule has 2 aromatic rings. The average Bonchev–Trinajstić information content (AvgIpc) is 2.98. The number of carbonyl (C=O) groups is 1. The van der Waals surface area contributed by atoms with Gasteiger partial charge in [0.25, 0.3) is 0 Å². The molecule has 0 fully saturated rings. The first-order valence-electron chi connectivity index (χ1n) is 5.54. The Hall–Kier alpha value is -1.13. The number of nitrogens with zero attached hydrogens (tertiary/aromatic N) is 1. The minimum absolute atomic E-state index is 0.215. The van der Waals surface area contributed by atoms with Crippen molar-refractivity contribution in [1.82, 2.24) is 4.90 Å². The Morgan fingerprint density at radius 1 is 1.18 bits per heavy atom. The highest BCUT2D eigenvalue weighted by Gasteiger charge is 2.09. The first-order valence-corrected chi connectivity index (χ1v) is 7.30. The molecule has 0 spiro atoms. The first-order chi connectivity index (χ1) is 8.25. The van der Waals surface area contributed by atoms with Crippen LogP contribution < -0.4 is 0 Å². The maximum atomic E-state index is 11.9. The third-order valence-electron chi connectivity index (χ3n) is 2.56. The van der Waals surface area contributed by atoms with E-state index >= 15 is 0 Å². The topological polar surface area (TPSA) is 20.3 Å². The second-order valence-corrected chi connectivity index (χ2v) is 5.97. The molecule has 17 heavy (non-hydrogen) atoms. The smallest absolute Gasteiger partial charge is 0.222 e. The van der Waals surface area contributed by atoms with Crippen molar-refractivity contribution in [2.45, 2.75) is 19.4 Å². The van der Waals surface area contributed by atoms with Gasteiger partial charge < -0.3 is 4.90 Å². The molecule has 0 aromatic carbocycles. The van der Waals surface area contributed by atoms with Crippen LogP contribution in [0.5, 0.6) is 0 Å². The van der Waals surface area contributed by atoms with Gasteiger partial charge in [0.05, 0.1) is 6.54 Å². The van der Waals surface area contributed by atoms with E-state index < -0.39 is 0 Å². The van der Waals surface area contributed by atoms with Crippen LogP contribution in [0.3, 0.4) is 0 Å². The Morgan fingerprint density at radius 2 is 1.82 bits per heavy atom. The monoisotopic (exact) mass is 265 g/mol. The zero-order valence-electron chi connectivity index (χ0n) is 9.76. The van der Waals surface area contributed by atoms with Crippen LogP contribution in [0.25, 0.3) is 0 Å². The van der Waals surface area contributed by atoms with E-state index in [0.29, 0.717) is 6.42 Å². The van der Waals surface area contributed by atoms with Crippen molar-refractivity contribution in [3.05, 3.63) is 44.8 Å². The maximum Gasteiger partial charge on any atom is 0.222 e. The molecule has 2 heterocycles. The van der Waals surface area contributed by atoms with E-state index in [2.05, 4.69) is 17.5 Å². The molecule has 0 saturated heterocycles. The van der Waals surface area contributed by atoms with Crippen LogP contribution in [0.2, 0.25) is 0 Å². The summed E-state index contributed by atoms with van der Waals surface area (Å²) in [7, 11) is 1.87. The van der Waals surface area contributed by atoms with Crippen LogP contribution >= 0.6 is 22.7 Å². The lowest BCUT2D eigenvalue weighted by Gasteiger charge is -2.15. The predicted molar refractivity (Wildman–Crippen MR) is 73.4 cm³/mol. The summed E-state index contributed by atoms with van der Waals surface area (Å²) in [6, 6.07) is 8.19. The van der Waals surface area contributed by atoms with E-state index in [0.717, 1.165) is 13.0 Å².